The van der Waals surface area contributed by atoms with Gasteiger partial charge in [0, 0.05) is 57.1 Å². The number of likely N-dealkylation sites (tertiary alicyclic amines) is 1. The maximum absolute atomic E-state index is 13.1. The molecular weight excluding hydrogens is 388 g/mol. The second-order valence-corrected chi connectivity index (χ2v) is 8.57. The second kappa shape index (κ2) is 9.86. The van der Waals surface area contributed by atoms with Gasteiger partial charge in [0.05, 0.1) is 0 Å². The Morgan fingerprint density at radius 1 is 0.935 bits per heavy atom. The van der Waals surface area contributed by atoms with E-state index in [0.29, 0.717) is 32.5 Å². The van der Waals surface area contributed by atoms with Crippen LogP contribution in [0.1, 0.15) is 31.2 Å². The minimum absolute atomic E-state index is 0.0234. The first-order valence-corrected chi connectivity index (χ1v) is 11.3. The van der Waals surface area contributed by atoms with E-state index in [9.17, 15) is 9.59 Å². The fraction of sp³-hybridized carbons (Fsp3) is 0.440. The lowest BCUT2D eigenvalue weighted by Gasteiger charge is -2.33. The van der Waals surface area contributed by atoms with E-state index in [-0.39, 0.29) is 17.9 Å². The van der Waals surface area contributed by atoms with Crippen molar-refractivity contribution in [3.63, 3.8) is 0 Å². The topological polar surface area (TPSA) is 55.9 Å². The fourth-order valence-electron chi connectivity index (χ4n) is 4.61. The molecule has 0 aliphatic carbocycles. The van der Waals surface area contributed by atoms with Crippen LogP contribution < -0.4 is 10.2 Å². The predicted octanol–water partition coefficient (Wildman–Crippen LogP) is 4.19. The number of rotatable bonds is 5. The van der Waals surface area contributed by atoms with Crippen molar-refractivity contribution in [3.8, 4) is 0 Å². The molecule has 1 N–H and O–H groups in total. The molecule has 0 atom stereocenters. The first kappa shape index (κ1) is 21.2. The van der Waals surface area contributed by atoms with Gasteiger partial charge in [0.1, 0.15) is 0 Å². The van der Waals surface area contributed by atoms with Crippen molar-refractivity contribution in [1.29, 1.82) is 0 Å². The SMILES string of the molecule is CN(Cc1ccccc1N1CCCC1)C(=O)C1CCN(C(=O)Nc2ccccc2)CC1. The predicted molar refractivity (Wildman–Crippen MR) is 124 cm³/mol. The van der Waals surface area contributed by atoms with Gasteiger partial charge >= 0.3 is 6.03 Å². The number of hydrogen-bond donors (Lipinski definition) is 1. The van der Waals surface area contributed by atoms with Gasteiger partial charge in [-0.05, 0) is 49.4 Å². The molecule has 4 rings (SSSR count). The normalized spacial score (nSPS) is 16.9. The Morgan fingerprint density at radius 3 is 2.29 bits per heavy atom. The number of carbonyl (C=O) groups excluding carboxylic acids is 2. The van der Waals surface area contributed by atoms with E-state index >= 15 is 0 Å². The van der Waals surface area contributed by atoms with Crippen LogP contribution in [0.15, 0.2) is 54.6 Å². The molecule has 2 fully saturated rings. The van der Waals surface area contributed by atoms with E-state index in [0.717, 1.165) is 18.8 Å². The van der Waals surface area contributed by atoms with Crippen molar-refractivity contribution in [2.24, 2.45) is 5.92 Å². The molecule has 0 saturated carbocycles. The summed E-state index contributed by atoms with van der Waals surface area (Å²) in [5.41, 5.74) is 3.26. The first-order valence-electron chi connectivity index (χ1n) is 11.3. The molecule has 2 heterocycles. The lowest BCUT2D eigenvalue weighted by atomic mass is 9.95. The van der Waals surface area contributed by atoms with Crippen LogP contribution in [0.3, 0.4) is 0 Å². The van der Waals surface area contributed by atoms with Crippen LogP contribution >= 0.6 is 0 Å². The van der Waals surface area contributed by atoms with Gasteiger partial charge in [-0.3, -0.25) is 4.79 Å². The third-order valence-corrected chi connectivity index (χ3v) is 6.38. The van der Waals surface area contributed by atoms with Gasteiger partial charge in [-0.25, -0.2) is 4.79 Å². The summed E-state index contributed by atoms with van der Waals surface area (Å²) >= 11 is 0. The smallest absolute Gasteiger partial charge is 0.321 e. The number of hydrogen-bond acceptors (Lipinski definition) is 3. The van der Waals surface area contributed by atoms with Gasteiger partial charge in [-0.2, -0.15) is 0 Å². The summed E-state index contributed by atoms with van der Waals surface area (Å²) in [6.45, 7) is 4.02. The Balaban J connectivity index is 1.30. The quantitative estimate of drug-likeness (QED) is 0.789. The van der Waals surface area contributed by atoms with E-state index in [2.05, 4.69) is 34.5 Å². The van der Waals surface area contributed by atoms with Gasteiger partial charge in [-0.1, -0.05) is 36.4 Å². The van der Waals surface area contributed by atoms with Crippen molar-refractivity contribution < 1.29 is 9.59 Å². The molecule has 6 heteroatoms. The zero-order valence-electron chi connectivity index (χ0n) is 18.3. The molecule has 2 aromatic rings. The number of carbonyl (C=O) groups is 2. The molecule has 31 heavy (non-hydrogen) atoms. The van der Waals surface area contributed by atoms with Crippen LogP contribution in [0, 0.1) is 5.92 Å². The molecule has 164 valence electrons. The fourth-order valence-corrected chi connectivity index (χ4v) is 4.61. The van der Waals surface area contributed by atoms with Crippen LogP contribution in [-0.4, -0.2) is 55.0 Å². The second-order valence-electron chi connectivity index (χ2n) is 8.57. The summed E-state index contributed by atoms with van der Waals surface area (Å²) in [6.07, 6.45) is 3.89. The average molecular weight is 421 g/mol. The summed E-state index contributed by atoms with van der Waals surface area (Å²) in [6, 6.07) is 17.8. The van der Waals surface area contributed by atoms with Crippen molar-refractivity contribution in [2.45, 2.75) is 32.2 Å². The third-order valence-electron chi connectivity index (χ3n) is 6.38. The van der Waals surface area contributed by atoms with Gasteiger partial charge in [0.2, 0.25) is 5.91 Å². The number of benzene rings is 2. The third kappa shape index (κ3) is 5.19. The minimum Gasteiger partial charge on any atom is -0.371 e. The molecule has 0 bridgehead atoms. The highest BCUT2D eigenvalue weighted by atomic mass is 16.2. The molecule has 2 aliphatic heterocycles. The lowest BCUT2D eigenvalue weighted by molar-refractivity contribution is -0.136. The van der Waals surface area contributed by atoms with Crippen molar-refractivity contribution in [2.75, 3.05) is 43.4 Å². The van der Waals surface area contributed by atoms with Crippen LogP contribution in [0.2, 0.25) is 0 Å². The van der Waals surface area contributed by atoms with Crippen LogP contribution in [0.5, 0.6) is 0 Å². The summed E-state index contributed by atoms with van der Waals surface area (Å²) < 4.78 is 0. The van der Waals surface area contributed by atoms with E-state index in [1.807, 2.05) is 42.3 Å². The highest BCUT2D eigenvalue weighted by Gasteiger charge is 2.29. The maximum atomic E-state index is 13.1. The van der Waals surface area contributed by atoms with E-state index < -0.39 is 0 Å². The number of urea groups is 1. The number of nitrogens with zero attached hydrogens (tertiary/aromatic N) is 3. The molecule has 3 amide bonds. The summed E-state index contributed by atoms with van der Waals surface area (Å²) in [5, 5.41) is 2.93. The van der Waals surface area contributed by atoms with Crippen molar-refractivity contribution >= 4 is 23.3 Å². The Morgan fingerprint density at radius 2 is 1.58 bits per heavy atom. The van der Waals surface area contributed by atoms with E-state index in [1.54, 1.807) is 4.90 Å². The molecule has 0 aromatic heterocycles. The highest BCUT2D eigenvalue weighted by molar-refractivity contribution is 5.89. The molecule has 2 aromatic carbocycles. The van der Waals surface area contributed by atoms with Crippen molar-refractivity contribution in [3.05, 3.63) is 60.2 Å². The van der Waals surface area contributed by atoms with Crippen LogP contribution in [0.4, 0.5) is 16.2 Å². The summed E-state index contributed by atoms with van der Waals surface area (Å²) in [7, 11) is 1.90. The van der Waals surface area contributed by atoms with E-state index in [4.69, 9.17) is 0 Å². The Hall–Kier alpha value is -3.02. The number of para-hydroxylation sites is 2. The molecule has 0 unspecified atom stereocenters. The summed E-state index contributed by atoms with van der Waals surface area (Å²) in [4.78, 5) is 31.7. The number of anilines is 2. The average Bonchev–Trinajstić information content (AvgIpc) is 3.34. The van der Waals surface area contributed by atoms with Crippen LogP contribution in [0.25, 0.3) is 0 Å². The Bertz CT molecular complexity index is 887. The molecule has 0 spiro atoms. The summed E-state index contributed by atoms with van der Waals surface area (Å²) in [5.74, 6) is 0.157. The van der Waals surface area contributed by atoms with Gasteiger partial charge < -0.3 is 20.0 Å². The number of amides is 3. The zero-order valence-corrected chi connectivity index (χ0v) is 18.3. The zero-order chi connectivity index (χ0) is 21.6. The van der Waals surface area contributed by atoms with Gasteiger partial charge in [0.15, 0.2) is 0 Å². The molecule has 6 nitrogen and oxygen atoms in total. The molecule has 0 radical (unpaired) electrons. The standard InChI is InChI=1S/C25H32N4O2/c1-27(19-21-9-5-6-12-23(21)28-15-7-8-16-28)24(30)20-13-17-29(18-14-20)25(31)26-22-10-3-2-4-11-22/h2-6,9-12,20H,7-8,13-19H2,1H3,(H,26,31). The minimum atomic E-state index is -0.0926. The monoisotopic (exact) mass is 420 g/mol. The van der Waals surface area contributed by atoms with Gasteiger partial charge in [0.25, 0.3) is 0 Å². The number of nitrogens with one attached hydrogen (secondary N) is 1. The Labute approximate surface area is 184 Å². The molecule has 2 saturated heterocycles. The lowest BCUT2D eigenvalue weighted by Crippen LogP contribution is -2.44. The number of piperidine rings is 1. The van der Waals surface area contributed by atoms with Crippen LogP contribution in [-0.2, 0) is 11.3 Å². The first-order chi connectivity index (χ1) is 15.1. The maximum Gasteiger partial charge on any atom is 0.321 e. The molecular formula is C25H32N4O2. The van der Waals surface area contributed by atoms with E-state index in [1.165, 1.54) is 24.1 Å². The largest absolute Gasteiger partial charge is 0.371 e. The Kier molecular flexibility index (Phi) is 6.75. The van der Waals surface area contributed by atoms with Crippen molar-refractivity contribution in [1.82, 2.24) is 9.80 Å². The highest BCUT2D eigenvalue weighted by Crippen LogP contribution is 2.27. The molecule has 2 aliphatic rings. The van der Waals surface area contributed by atoms with Gasteiger partial charge in [-0.15, -0.1) is 0 Å².